The van der Waals surface area contributed by atoms with E-state index >= 15 is 0 Å². The Morgan fingerprint density at radius 3 is 1.60 bits per heavy atom. The van der Waals surface area contributed by atoms with E-state index in [0.717, 1.165) is 31.2 Å². The van der Waals surface area contributed by atoms with E-state index in [1.165, 1.54) is 43.5 Å². The Kier molecular flexibility index (Phi) is 13.8. The van der Waals surface area contributed by atoms with Gasteiger partial charge in [0.25, 0.3) is 11.2 Å². The van der Waals surface area contributed by atoms with Crippen molar-refractivity contribution in [2.75, 3.05) is 47.9 Å². The third-order valence-corrected chi connectivity index (χ3v) is 8.84. The molecule has 0 amide bonds. The topological polar surface area (TPSA) is 116 Å². The number of halogens is 6. The van der Waals surface area contributed by atoms with Crippen LogP contribution in [-0.4, -0.2) is 83.8 Å². The van der Waals surface area contributed by atoms with Crippen molar-refractivity contribution in [3.05, 3.63) is 71.8 Å². The number of benzene rings is 2. The predicted octanol–water partition coefficient (Wildman–Crippen LogP) is 6.01. The molecule has 3 rings (SSSR count). The lowest BCUT2D eigenvalue weighted by Gasteiger charge is -2.43. The smallest absolute Gasteiger partial charge is 0.432 e. The highest BCUT2D eigenvalue weighted by Gasteiger charge is 2.67. The molecule has 1 aliphatic rings. The van der Waals surface area contributed by atoms with Crippen molar-refractivity contribution in [1.29, 1.82) is 0 Å². The number of ether oxygens (including phenoxy) is 7. The van der Waals surface area contributed by atoms with Crippen molar-refractivity contribution >= 4 is 17.9 Å². The fraction of sp³-hybridized carbons (Fsp3) is 0.559. The van der Waals surface area contributed by atoms with Gasteiger partial charge in [-0.1, -0.05) is 60.7 Å². The number of hydrogen-bond acceptors (Lipinski definition) is 10. The molecule has 2 aromatic carbocycles. The van der Waals surface area contributed by atoms with Crippen LogP contribution in [0.5, 0.6) is 0 Å². The average molecular weight is 723 g/mol. The minimum absolute atomic E-state index is 0.0138. The van der Waals surface area contributed by atoms with Gasteiger partial charge in [0.2, 0.25) is 0 Å². The molecular weight excluding hydrogens is 682 g/mol. The van der Waals surface area contributed by atoms with Crippen LogP contribution in [0, 0.1) is 11.8 Å². The molecule has 278 valence electrons. The van der Waals surface area contributed by atoms with E-state index in [4.69, 9.17) is 33.2 Å². The summed E-state index contributed by atoms with van der Waals surface area (Å²) >= 11 is 0. The quantitative estimate of drug-likeness (QED) is 0.0632. The van der Waals surface area contributed by atoms with Crippen LogP contribution in [0.4, 0.5) is 26.3 Å². The third kappa shape index (κ3) is 8.24. The van der Waals surface area contributed by atoms with Crippen LogP contribution in [-0.2, 0) is 58.7 Å². The number of carbonyl (C=O) groups excluding carboxylic acids is 3. The first-order valence-corrected chi connectivity index (χ1v) is 15.5. The van der Waals surface area contributed by atoms with Gasteiger partial charge in [0.15, 0.2) is 0 Å². The van der Waals surface area contributed by atoms with Gasteiger partial charge in [-0.3, -0.25) is 4.79 Å². The fourth-order valence-corrected chi connectivity index (χ4v) is 6.41. The second kappa shape index (κ2) is 17.0. The summed E-state index contributed by atoms with van der Waals surface area (Å²) in [7, 11) is 2.73. The number of rotatable bonds is 17. The molecule has 16 heteroatoms. The molecule has 0 unspecified atom stereocenters. The number of carbonyl (C=O) groups is 3. The van der Waals surface area contributed by atoms with Crippen molar-refractivity contribution in [3.8, 4) is 0 Å². The molecule has 0 aliphatic heterocycles. The van der Waals surface area contributed by atoms with Crippen LogP contribution in [0.3, 0.4) is 0 Å². The van der Waals surface area contributed by atoms with Crippen LogP contribution in [0.15, 0.2) is 60.7 Å². The summed E-state index contributed by atoms with van der Waals surface area (Å²) in [5, 5.41) is 0. The Morgan fingerprint density at radius 2 is 1.18 bits per heavy atom. The SMILES string of the molecule is COCOCCC[C@@]1(OC(=O)[C@](OC)(c2ccccc2)C(F)(F)F)[C@@H](COC(=O)[C@](OC)(c2ccccc2)C(F)(F)F)CC[C@H]1COC(C)=O. The van der Waals surface area contributed by atoms with E-state index in [1.54, 1.807) is 0 Å². The fourth-order valence-electron chi connectivity index (χ4n) is 6.41. The molecule has 0 bridgehead atoms. The number of alkyl halides is 6. The first-order valence-electron chi connectivity index (χ1n) is 15.5. The summed E-state index contributed by atoms with van der Waals surface area (Å²) < 4.78 is 125. The van der Waals surface area contributed by atoms with Gasteiger partial charge in [-0.2, -0.15) is 26.3 Å². The summed E-state index contributed by atoms with van der Waals surface area (Å²) in [5.74, 6) is -6.64. The van der Waals surface area contributed by atoms with E-state index in [-0.39, 0.29) is 39.1 Å². The second-order valence-corrected chi connectivity index (χ2v) is 11.6. The van der Waals surface area contributed by atoms with Gasteiger partial charge in [0.1, 0.15) is 12.4 Å². The van der Waals surface area contributed by atoms with Gasteiger partial charge in [0, 0.05) is 57.8 Å². The highest BCUT2D eigenvalue weighted by Crippen LogP contribution is 2.51. The van der Waals surface area contributed by atoms with Crippen molar-refractivity contribution in [1.82, 2.24) is 0 Å². The van der Waals surface area contributed by atoms with E-state index in [9.17, 15) is 40.7 Å². The second-order valence-electron chi connectivity index (χ2n) is 11.6. The van der Waals surface area contributed by atoms with Crippen LogP contribution in [0.2, 0.25) is 0 Å². The van der Waals surface area contributed by atoms with Crippen molar-refractivity contribution in [3.63, 3.8) is 0 Å². The van der Waals surface area contributed by atoms with E-state index in [1.807, 2.05) is 0 Å². The monoisotopic (exact) mass is 722 g/mol. The Bertz CT molecular complexity index is 1410. The zero-order chi connectivity index (χ0) is 37.2. The first-order chi connectivity index (χ1) is 23.6. The Hall–Kier alpha value is -3.73. The Morgan fingerprint density at radius 1 is 0.720 bits per heavy atom. The van der Waals surface area contributed by atoms with E-state index in [0.29, 0.717) is 14.2 Å². The predicted molar refractivity (Wildman–Crippen MR) is 162 cm³/mol. The number of esters is 3. The highest BCUT2D eigenvalue weighted by atomic mass is 19.4. The molecule has 0 heterocycles. The maximum Gasteiger partial charge on any atom is 0.432 e. The Balaban J connectivity index is 2.12. The lowest BCUT2D eigenvalue weighted by molar-refractivity contribution is -0.285. The van der Waals surface area contributed by atoms with Crippen molar-refractivity contribution in [2.24, 2.45) is 11.8 Å². The van der Waals surface area contributed by atoms with Crippen LogP contribution >= 0.6 is 0 Å². The minimum Gasteiger partial charge on any atom is -0.465 e. The highest BCUT2D eigenvalue weighted by molar-refractivity contribution is 5.84. The molecule has 0 radical (unpaired) electrons. The summed E-state index contributed by atoms with van der Waals surface area (Å²) in [6.45, 7) is -0.358. The summed E-state index contributed by atoms with van der Waals surface area (Å²) in [6.07, 6.45) is -10.8. The van der Waals surface area contributed by atoms with Crippen LogP contribution < -0.4 is 0 Å². The van der Waals surface area contributed by atoms with Gasteiger partial charge in [-0.25, -0.2) is 9.59 Å². The largest absolute Gasteiger partial charge is 0.465 e. The molecule has 1 fully saturated rings. The van der Waals surface area contributed by atoms with Gasteiger partial charge in [-0.05, 0) is 25.7 Å². The van der Waals surface area contributed by atoms with Crippen molar-refractivity contribution in [2.45, 2.75) is 61.8 Å². The zero-order valence-corrected chi connectivity index (χ0v) is 27.9. The molecule has 0 saturated heterocycles. The maximum absolute atomic E-state index is 14.9. The molecule has 50 heavy (non-hydrogen) atoms. The van der Waals surface area contributed by atoms with Gasteiger partial charge in [0.05, 0.1) is 13.2 Å². The lowest BCUT2D eigenvalue weighted by atomic mass is 9.79. The standard InChI is InChI=1S/C34H40F6O10/c1-23(41)48-20-26-16-17-27(21-49-28(42)31(45-3,33(35,36)37)24-12-7-5-8-13-24)30(26,18-11-19-47-22-44-2)50-29(43)32(46-4,34(38,39)40)25-14-9-6-10-15-25/h5-10,12-15,26-27H,11,16-22H2,1-4H3/t26-,27+,30-,31+,32+/m0/s1. The first kappa shape index (κ1) is 40.7. The molecule has 1 aliphatic carbocycles. The summed E-state index contributed by atoms with van der Waals surface area (Å²) in [5.41, 5.74) is -10.4. The number of methoxy groups -OCH3 is 3. The molecule has 0 spiro atoms. The summed E-state index contributed by atoms with van der Waals surface area (Å²) in [4.78, 5) is 39.3. The van der Waals surface area contributed by atoms with E-state index in [2.05, 4.69) is 0 Å². The van der Waals surface area contributed by atoms with E-state index < -0.39 is 83.2 Å². The third-order valence-electron chi connectivity index (χ3n) is 8.84. The zero-order valence-electron chi connectivity index (χ0n) is 27.9. The Labute approximate surface area is 285 Å². The van der Waals surface area contributed by atoms with Crippen LogP contribution in [0.25, 0.3) is 0 Å². The van der Waals surface area contributed by atoms with Gasteiger partial charge < -0.3 is 33.2 Å². The average Bonchev–Trinajstić information content (AvgIpc) is 3.39. The molecule has 0 aromatic heterocycles. The maximum atomic E-state index is 14.9. The molecule has 2 aromatic rings. The molecule has 1 saturated carbocycles. The molecule has 5 atom stereocenters. The van der Waals surface area contributed by atoms with Crippen LogP contribution in [0.1, 0.15) is 43.7 Å². The lowest BCUT2D eigenvalue weighted by Crippen LogP contribution is -2.57. The molecule has 10 nitrogen and oxygen atoms in total. The van der Waals surface area contributed by atoms with Gasteiger partial charge >= 0.3 is 30.3 Å². The normalized spacial score (nSPS) is 21.9. The summed E-state index contributed by atoms with van der Waals surface area (Å²) in [6, 6.07) is 12.0. The molecule has 0 N–H and O–H groups in total. The van der Waals surface area contributed by atoms with Crippen molar-refractivity contribution < 1.29 is 73.9 Å². The molecular formula is C34H40F6O10. The minimum atomic E-state index is -5.37. The van der Waals surface area contributed by atoms with Gasteiger partial charge in [-0.15, -0.1) is 0 Å². The number of hydrogen-bond donors (Lipinski definition) is 0.